The molecule has 0 bridgehead atoms. The van der Waals surface area contributed by atoms with Crippen molar-refractivity contribution < 1.29 is 14.6 Å². The number of hydrogen-bond donors (Lipinski definition) is 1. The van der Waals surface area contributed by atoms with Gasteiger partial charge in [-0.15, -0.1) is 0 Å². The number of aliphatic hydroxyl groups is 1. The minimum Gasteiger partial charge on any atom is -0.387 e. The largest absolute Gasteiger partial charge is 0.387 e. The number of ketones is 1. The summed E-state index contributed by atoms with van der Waals surface area (Å²) in [6.07, 6.45) is 12.6. The number of Topliss-reactive ketones (excluding diaryl/α,β-unsaturated/α-hetero) is 1. The summed E-state index contributed by atoms with van der Waals surface area (Å²) in [4.78, 5) is 12.8. The van der Waals surface area contributed by atoms with Gasteiger partial charge < -0.3 is 9.84 Å². The zero-order valence-corrected chi connectivity index (χ0v) is 18.2. The topological polar surface area (TPSA) is 46.5 Å². The molecule has 0 heterocycles. The highest BCUT2D eigenvalue weighted by Gasteiger charge is 2.58. The van der Waals surface area contributed by atoms with Crippen LogP contribution in [0.25, 0.3) is 0 Å². The van der Waals surface area contributed by atoms with Crippen LogP contribution in [0.1, 0.15) is 64.7 Å². The maximum atomic E-state index is 12.8. The molecule has 4 fully saturated rings. The van der Waals surface area contributed by atoms with Gasteiger partial charge in [0.25, 0.3) is 0 Å². The number of carbonyl (C=O) groups excluding carboxylic acids is 1. The molecule has 154 valence electrons. The molecular formula is C23H38O3S. The third kappa shape index (κ3) is 3.42. The van der Waals surface area contributed by atoms with Crippen molar-refractivity contribution in [1.82, 2.24) is 0 Å². The van der Waals surface area contributed by atoms with Gasteiger partial charge in [0.1, 0.15) is 5.78 Å². The normalized spacial score (nSPS) is 49.2. The molecule has 4 aliphatic rings. The van der Waals surface area contributed by atoms with Crippen LogP contribution in [-0.4, -0.2) is 42.2 Å². The highest BCUT2D eigenvalue weighted by atomic mass is 32.2. The molecule has 0 aliphatic heterocycles. The summed E-state index contributed by atoms with van der Waals surface area (Å²) in [5.41, 5.74) is -0.332. The van der Waals surface area contributed by atoms with Gasteiger partial charge >= 0.3 is 0 Å². The van der Waals surface area contributed by atoms with Crippen LogP contribution in [0.2, 0.25) is 0 Å². The maximum absolute atomic E-state index is 12.8. The zero-order chi connectivity index (χ0) is 19.2. The fourth-order valence-corrected chi connectivity index (χ4v) is 8.62. The second-order valence-corrected chi connectivity index (χ2v) is 11.3. The minimum absolute atomic E-state index is 0.256. The first-order valence-corrected chi connectivity index (χ1v) is 12.5. The van der Waals surface area contributed by atoms with E-state index in [4.69, 9.17) is 4.74 Å². The summed E-state index contributed by atoms with van der Waals surface area (Å²) in [6.45, 7) is 2.94. The number of hydrogen-bond acceptors (Lipinski definition) is 4. The van der Waals surface area contributed by atoms with E-state index in [0.29, 0.717) is 30.0 Å². The van der Waals surface area contributed by atoms with E-state index in [-0.39, 0.29) is 5.41 Å². The van der Waals surface area contributed by atoms with Crippen LogP contribution in [0, 0.1) is 40.9 Å². The molecule has 0 unspecified atom stereocenters. The predicted molar refractivity (Wildman–Crippen MR) is 111 cm³/mol. The number of carbonyl (C=O) groups is 1. The maximum Gasteiger partial charge on any atom is 0.146 e. The Labute approximate surface area is 169 Å². The Kier molecular flexibility index (Phi) is 5.73. The molecule has 0 spiro atoms. The first kappa shape index (κ1) is 20.2. The molecule has 0 aromatic carbocycles. The van der Waals surface area contributed by atoms with Crippen LogP contribution in [0.5, 0.6) is 0 Å². The van der Waals surface area contributed by atoms with Gasteiger partial charge in [-0.2, -0.15) is 11.8 Å². The lowest BCUT2D eigenvalue weighted by Crippen LogP contribution is -2.52. The van der Waals surface area contributed by atoms with Gasteiger partial charge in [0.05, 0.1) is 18.0 Å². The second-order valence-electron chi connectivity index (χ2n) is 10.4. The fourth-order valence-electron chi connectivity index (χ4n) is 8.13. The highest BCUT2D eigenvalue weighted by Crippen LogP contribution is 2.64. The lowest BCUT2D eigenvalue weighted by atomic mass is 9.49. The Hall–Kier alpha value is -0.0600. The summed E-state index contributed by atoms with van der Waals surface area (Å²) in [6, 6.07) is 0. The fraction of sp³-hybridized carbons (Fsp3) is 0.957. The molecule has 0 aromatic rings. The number of ether oxygens (including phenoxy) is 1. The van der Waals surface area contributed by atoms with Crippen molar-refractivity contribution in [2.24, 2.45) is 40.9 Å². The number of rotatable bonds is 5. The Morgan fingerprint density at radius 3 is 2.59 bits per heavy atom. The molecule has 27 heavy (non-hydrogen) atoms. The van der Waals surface area contributed by atoms with Crippen molar-refractivity contribution in [2.45, 2.75) is 70.3 Å². The van der Waals surface area contributed by atoms with Gasteiger partial charge in [0, 0.05) is 13.0 Å². The van der Waals surface area contributed by atoms with E-state index >= 15 is 0 Å². The molecule has 8 atom stereocenters. The van der Waals surface area contributed by atoms with Gasteiger partial charge in [0.2, 0.25) is 0 Å². The summed E-state index contributed by atoms with van der Waals surface area (Å²) in [7, 11) is 1.71. The summed E-state index contributed by atoms with van der Waals surface area (Å²) < 4.78 is 5.31. The average Bonchev–Trinajstić information content (AvgIpc) is 2.98. The Bertz CT molecular complexity index is 566. The van der Waals surface area contributed by atoms with Crippen molar-refractivity contribution in [3.8, 4) is 0 Å². The van der Waals surface area contributed by atoms with E-state index in [9.17, 15) is 9.90 Å². The van der Waals surface area contributed by atoms with Gasteiger partial charge in [-0.3, -0.25) is 4.79 Å². The van der Waals surface area contributed by atoms with Crippen molar-refractivity contribution in [2.75, 3.05) is 25.7 Å². The highest BCUT2D eigenvalue weighted by molar-refractivity contribution is 7.99. The molecule has 1 N–H and O–H groups in total. The van der Waals surface area contributed by atoms with E-state index in [2.05, 4.69) is 13.2 Å². The van der Waals surface area contributed by atoms with Crippen LogP contribution in [0.3, 0.4) is 0 Å². The van der Waals surface area contributed by atoms with Gasteiger partial charge in [-0.25, -0.2) is 0 Å². The van der Waals surface area contributed by atoms with Crippen LogP contribution in [-0.2, 0) is 9.53 Å². The van der Waals surface area contributed by atoms with Crippen LogP contribution < -0.4 is 0 Å². The monoisotopic (exact) mass is 394 g/mol. The number of fused-ring (bicyclic) bond motifs is 5. The quantitative estimate of drug-likeness (QED) is 0.742. The zero-order valence-electron chi connectivity index (χ0n) is 17.4. The second kappa shape index (κ2) is 7.65. The van der Waals surface area contributed by atoms with E-state index < -0.39 is 5.60 Å². The SMILES string of the molecule is COC[C@]1(O)CC[C@H]2[C@@H](CC[C@@H]3[C@@H]2CC[C@]2(C)[C@@H](C(=O)CSC)CC[C@@H]32)C1. The molecule has 0 aromatic heterocycles. The van der Waals surface area contributed by atoms with Crippen molar-refractivity contribution in [3.05, 3.63) is 0 Å². The predicted octanol–water partition coefficient (Wildman–Crippen LogP) is 4.56. The molecule has 4 saturated carbocycles. The Morgan fingerprint density at radius 1 is 1.07 bits per heavy atom. The molecule has 0 amide bonds. The number of methoxy groups -OCH3 is 1. The van der Waals surface area contributed by atoms with Gasteiger partial charge in [-0.1, -0.05) is 6.92 Å². The Morgan fingerprint density at radius 2 is 1.85 bits per heavy atom. The third-order valence-corrected chi connectivity index (χ3v) is 9.77. The molecule has 0 radical (unpaired) electrons. The third-order valence-electron chi connectivity index (χ3n) is 9.19. The van der Waals surface area contributed by atoms with E-state index in [1.165, 1.54) is 38.5 Å². The Balaban J connectivity index is 1.48. The molecular weight excluding hydrogens is 356 g/mol. The molecule has 4 heteroatoms. The summed E-state index contributed by atoms with van der Waals surface area (Å²) in [5.74, 6) is 5.42. The summed E-state index contributed by atoms with van der Waals surface area (Å²) in [5, 5.41) is 10.9. The van der Waals surface area contributed by atoms with E-state index in [0.717, 1.165) is 42.9 Å². The minimum atomic E-state index is -0.589. The van der Waals surface area contributed by atoms with Crippen molar-refractivity contribution >= 4 is 17.5 Å². The molecule has 3 nitrogen and oxygen atoms in total. The van der Waals surface area contributed by atoms with Crippen LogP contribution >= 0.6 is 11.8 Å². The number of thioether (sulfide) groups is 1. The van der Waals surface area contributed by atoms with Gasteiger partial charge in [-0.05, 0) is 99.0 Å². The van der Waals surface area contributed by atoms with E-state index in [1.54, 1.807) is 18.9 Å². The van der Waals surface area contributed by atoms with Gasteiger partial charge in [0.15, 0.2) is 0 Å². The summed E-state index contributed by atoms with van der Waals surface area (Å²) >= 11 is 1.69. The first-order chi connectivity index (χ1) is 12.9. The lowest BCUT2D eigenvalue weighted by Gasteiger charge is -2.57. The van der Waals surface area contributed by atoms with E-state index in [1.807, 2.05) is 0 Å². The first-order valence-electron chi connectivity index (χ1n) is 11.1. The molecule has 4 aliphatic carbocycles. The lowest BCUT2D eigenvalue weighted by molar-refractivity contribution is -0.134. The molecule has 4 rings (SSSR count). The smallest absolute Gasteiger partial charge is 0.146 e. The standard InChI is InChI=1S/C23H38O3S/c1-22-10-8-17-16-9-11-23(25,14-26-2)12-15(16)4-5-18(17)19(22)6-7-20(22)21(24)13-27-3/h15-20,25H,4-14H2,1-3H3/t15-,16-,17+,18+,19-,20+,22-,23-/m0/s1. The van der Waals surface area contributed by atoms with Crippen molar-refractivity contribution in [3.63, 3.8) is 0 Å². The molecule has 0 saturated heterocycles. The van der Waals surface area contributed by atoms with Crippen molar-refractivity contribution in [1.29, 1.82) is 0 Å². The van der Waals surface area contributed by atoms with Crippen LogP contribution in [0.4, 0.5) is 0 Å². The average molecular weight is 395 g/mol. The van der Waals surface area contributed by atoms with Crippen LogP contribution in [0.15, 0.2) is 0 Å².